The topological polar surface area (TPSA) is 159 Å². The summed E-state index contributed by atoms with van der Waals surface area (Å²) < 4.78 is 5.50. The predicted octanol–water partition coefficient (Wildman–Crippen LogP) is -2.64. The number of carbonyl (C=O) groups is 8. The molecule has 0 radical (unpaired) electrons. The molecule has 0 aromatic rings. The van der Waals surface area contributed by atoms with Gasteiger partial charge < -0.3 is 4.74 Å². The van der Waals surface area contributed by atoms with Crippen molar-refractivity contribution in [1.29, 1.82) is 0 Å². The van der Waals surface area contributed by atoms with E-state index in [-0.39, 0.29) is 0 Å². The summed E-state index contributed by atoms with van der Waals surface area (Å²) in [7, 11) is 0. The molecule has 4 rings (SSSR count). The van der Waals surface area contributed by atoms with Crippen molar-refractivity contribution in [3.63, 3.8) is 0 Å². The first-order valence-electron chi connectivity index (χ1n) is 9.49. The van der Waals surface area contributed by atoms with Crippen LogP contribution in [0.3, 0.4) is 0 Å². The normalized spacial score (nSPS) is 20.2. The number of rotatable bonds is 8. The van der Waals surface area contributed by atoms with E-state index < -0.39 is 72.8 Å². The summed E-state index contributed by atoms with van der Waals surface area (Å²) in [6, 6.07) is 0. The first-order valence-corrected chi connectivity index (χ1v) is 9.49. The van der Waals surface area contributed by atoms with Crippen molar-refractivity contribution in [1.82, 2.24) is 19.6 Å². The SMILES string of the molecule is O=C1C=CC(=O)N1C(COCC(N1C(=O)C=CC1=O)N1C(=O)C=CC1=O)N1C(=O)C=CC1=O. The van der Waals surface area contributed by atoms with Crippen LogP contribution in [0.4, 0.5) is 0 Å². The molecule has 0 unspecified atom stereocenters. The van der Waals surface area contributed by atoms with E-state index >= 15 is 0 Å². The van der Waals surface area contributed by atoms with Crippen molar-refractivity contribution in [3.05, 3.63) is 48.6 Å². The van der Waals surface area contributed by atoms with Gasteiger partial charge in [0, 0.05) is 48.6 Å². The minimum absolute atomic E-state index is 0.609. The lowest BCUT2D eigenvalue weighted by atomic mass is 10.3. The number of hydrogen-bond donors (Lipinski definition) is 0. The monoisotopic (exact) mass is 454 g/mol. The van der Waals surface area contributed by atoms with Crippen molar-refractivity contribution >= 4 is 47.3 Å². The van der Waals surface area contributed by atoms with Gasteiger partial charge in [0.1, 0.15) is 12.3 Å². The third-order valence-corrected chi connectivity index (χ3v) is 5.10. The van der Waals surface area contributed by atoms with Crippen LogP contribution in [0.1, 0.15) is 0 Å². The summed E-state index contributed by atoms with van der Waals surface area (Å²) in [5.74, 6) is -6.33. The fraction of sp³-hybridized carbons (Fsp3) is 0.200. The van der Waals surface area contributed by atoms with E-state index in [0.717, 1.165) is 48.6 Å². The first-order chi connectivity index (χ1) is 15.7. The molecule has 0 aromatic heterocycles. The highest BCUT2D eigenvalue weighted by Crippen LogP contribution is 2.21. The Morgan fingerprint density at radius 2 is 0.606 bits per heavy atom. The van der Waals surface area contributed by atoms with E-state index in [0.29, 0.717) is 19.6 Å². The summed E-state index contributed by atoms with van der Waals surface area (Å²) in [5.41, 5.74) is 0. The smallest absolute Gasteiger partial charge is 0.255 e. The number of carbonyl (C=O) groups excluding carboxylic acids is 8. The quantitative estimate of drug-likeness (QED) is 0.357. The van der Waals surface area contributed by atoms with Crippen molar-refractivity contribution in [2.75, 3.05) is 13.2 Å². The predicted molar refractivity (Wildman–Crippen MR) is 102 cm³/mol. The van der Waals surface area contributed by atoms with Gasteiger partial charge in [0.15, 0.2) is 0 Å². The van der Waals surface area contributed by atoms with Crippen LogP contribution in [0.5, 0.6) is 0 Å². The summed E-state index contributed by atoms with van der Waals surface area (Å²) in [4.78, 5) is 99.9. The number of ether oxygens (including phenoxy) is 1. The Labute approximate surface area is 184 Å². The van der Waals surface area contributed by atoms with E-state index in [1.54, 1.807) is 0 Å². The van der Waals surface area contributed by atoms with E-state index in [4.69, 9.17) is 4.74 Å². The van der Waals surface area contributed by atoms with Crippen LogP contribution in [-0.4, -0.2) is 92.4 Å². The molecular weight excluding hydrogens is 440 g/mol. The van der Waals surface area contributed by atoms with Crippen molar-refractivity contribution in [3.8, 4) is 0 Å². The van der Waals surface area contributed by atoms with E-state index in [1.165, 1.54) is 0 Å². The van der Waals surface area contributed by atoms with Gasteiger partial charge in [0.2, 0.25) is 0 Å². The van der Waals surface area contributed by atoms with Crippen molar-refractivity contribution in [2.45, 2.75) is 12.3 Å². The molecular formula is C20H14N4O9. The fourth-order valence-electron chi connectivity index (χ4n) is 3.63. The molecule has 0 atom stereocenters. The molecule has 0 spiro atoms. The van der Waals surface area contributed by atoms with Crippen LogP contribution >= 0.6 is 0 Å². The lowest BCUT2D eigenvalue weighted by Gasteiger charge is -2.35. The minimum atomic E-state index is -1.48. The standard InChI is InChI=1S/C20H14N4O9/c25-13-1-2-14(26)21(13)11(22-15(27)3-4-16(22)28)9-33-10-12(23-17(29)5-6-18(23)30)24-19(31)7-8-20(24)32/h1-8,11-12H,9-10H2. The second kappa shape index (κ2) is 8.20. The van der Waals surface area contributed by atoms with E-state index in [1.807, 2.05) is 0 Å². The molecule has 13 nitrogen and oxygen atoms in total. The minimum Gasteiger partial charge on any atom is -0.373 e. The molecule has 0 aromatic carbocycles. The Balaban J connectivity index is 1.56. The molecule has 4 aliphatic heterocycles. The number of hydrogen-bond acceptors (Lipinski definition) is 9. The van der Waals surface area contributed by atoms with Gasteiger partial charge in [-0.15, -0.1) is 0 Å². The Hall–Kier alpha value is -4.52. The zero-order valence-electron chi connectivity index (χ0n) is 16.7. The Kier molecular flexibility index (Phi) is 5.39. The Bertz CT molecular complexity index is 904. The molecule has 0 bridgehead atoms. The molecule has 0 N–H and O–H groups in total. The Morgan fingerprint density at radius 1 is 0.424 bits per heavy atom. The molecule has 168 valence electrons. The van der Waals surface area contributed by atoms with Crippen LogP contribution in [-0.2, 0) is 43.1 Å². The highest BCUT2D eigenvalue weighted by atomic mass is 16.5. The van der Waals surface area contributed by atoms with Gasteiger partial charge in [-0.05, 0) is 0 Å². The van der Waals surface area contributed by atoms with Crippen molar-refractivity contribution < 1.29 is 43.1 Å². The van der Waals surface area contributed by atoms with Gasteiger partial charge in [-0.25, -0.2) is 0 Å². The second-order valence-corrected chi connectivity index (χ2v) is 7.02. The molecule has 33 heavy (non-hydrogen) atoms. The highest BCUT2D eigenvalue weighted by Gasteiger charge is 2.44. The number of nitrogens with zero attached hydrogens (tertiary/aromatic N) is 4. The molecule has 4 heterocycles. The van der Waals surface area contributed by atoms with Gasteiger partial charge in [-0.3, -0.25) is 58.0 Å². The third kappa shape index (κ3) is 3.70. The molecule has 13 heteroatoms. The van der Waals surface area contributed by atoms with E-state index in [9.17, 15) is 38.4 Å². The number of imide groups is 4. The summed E-state index contributed by atoms with van der Waals surface area (Å²) in [6.45, 7) is -1.22. The molecule has 4 aliphatic rings. The molecule has 0 fully saturated rings. The van der Waals surface area contributed by atoms with Crippen molar-refractivity contribution in [2.24, 2.45) is 0 Å². The average molecular weight is 454 g/mol. The summed E-state index contributed by atoms with van der Waals surface area (Å²) in [5, 5.41) is 0. The van der Waals surface area contributed by atoms with Crippen LogP contribution in [0.25, 0.3) is 0 Å². The molecule has 0 saturated carbocycles. The zero-order valence-corrected chi connectivity index (χ0v) is 16.7. The lowest BCUT2D eigenvalue weighted by Crippen LogP contribution is -2.58. The highest BCUT2D eigenvalue weighted by molar-refractivity contribution is 6.17. The van der Waals surface area contributed by atoms with Crippen LogP contribution in [0.2, 0.25) is 0 Å². The maximum Gasteiger partial charge on any atom is 0.255 e. The second-order valence-electron chi connectivity index (χ2n) is 7.02. The largest absolute Gasteiger partial charge is 0.373 e. The fourth-order valence-corrected chi connectivity index (χ4v) is 3.63. The summed E-state index contributed by atoms with van der Waals surface area (Å²) in [6.07, 6.45) is 4.67. The van der Waals surface area contributed by atoms with Gasteiger partial charge in [-0.1, -0.05) is 0 Å². The van der Waals surface area contributed by atoms with Crippen LogP contribution < -0.4 is 0 Å². The lowest BCUT2D eigenvalue weighted by molar-refractivity contribution is -0.158. The molecule has 0 aliphatic carbocycles. The number of amides is 8. The van der Waals surface area contributed by atoms with Gasteiger partial charge >= 0.3 is 0 Å². The molecule has 0 saturated heterocycles. The zero-order chi connectivity index (χ0) is 23.9. The van der Waals surface area contributed by atoms with E-state index in [2.05, 4.69) is 0 Å². The maximum absolute atomic E-state index is 12.2. The Morgan fingerprint density at radius 3 is 0.788 bits per heavy atom. The van der Waals surface area contributed by atoms with Gasteiger partial charge in [0.25, 0.3) is 47.3 Å². The molecule has 8 amide bonds. The maximum atomic E-state index is 12.2. The third-order valence-electron chi connectivity index (χ3n) is 5.10. The average Bonchev–Trinajstić information content (AvgIpc) is 3.48. The van der Waals surface area contributed by atoms with Gasteiger partial charge in [0.05, 0.1) is 13.2 Å². The van der Waals surface area contributed by atoms with Crippen LogP contribution in [0.15, 0.2) is 48.6 Å². The van der Waals surface area contributed by atoms with Crippen LogP contribution in [0, 0.1) is 0 Å². The first kappa shape index (κ1) is 21.7. The summed E-state index contributed by atoms with van der Waals surface area (Å²) >= 11 is 0. The van der Waals surface area contributed by atoms with Gasteiger partial charge in [-0.2, -0.15) is 0 Å².